The van der Waals surface area contributed by atoms with Crippen LogP contribution in [0, 0.1) is 11.3 Å². The van der Waals surface area contributed by atoms with Crippen LogP contribution >= 0.6 is 0 Å². The molecule has 1 amide bonds. The molecular formula is C20H25F3N2O. The number of hydrogen-bond donors (Lipinski definition) is 0. The SMILES string of the molecule is O=C1N(CC2CC2)CCC[C@@]12CCN(Cc1ccccc1C(F)(F)F)C2. The van der Waals surface area contributed by atoms with Crippen molar-refractivity contribution in [1.29, 1.82) is 0 Å². The minimum atomic E-state index is -4.34. The van der Waals surface area contributed by atoms with Crippen molar-refractivity contribution >= 4 is 5.91 Å². The summed E-state index contributed by atoms with van der Waals surface area (Å²) >= 11 is 0. The summed E-state index contributed by atoms with van der Waals surface area (Å²) in [5.41, 5.74) is -0.637. The minimum absolute atomic E-state index is 0.238. The summed E-state index contributed by atoms with van der Waals surface area (Å²) in [6.45, 7) is 3.24. The summed E-state index contributed by atoms with van der Waals surface area (Å²) in [7, 11) is 0. The second kappa shape index (κ2) is 6.55. The second-order valence-corrected chi connectivity index (χ2v) is 8.19. The van der Waals surface area contributed by atoms with E-state index in [1.165, 1.54) is 18.9 Å². The molecule has 2 aliphatic heterocycles. The number of amides is 1. The van der Waals surface area contributed by atoms with Crippen LogP contribution in [-0.4, -0.2) is 41.9 Å². The summed E-state index contributed by atoms with van der Waals surface area (Å²) in [6, 6.07) is 5.78. The van der Waals surface area contributed by atoms with Gasteiger partial charge in [-0.2, -0.15) is 13.2 Å². The fourth-order valence-electron chi connectivity index (χ4n) is 4.59. The van der Waals surface area contributed by atoms with Gasteiger partial charge in [0.2, 0.25) is 5.91 Å². The van der Waals surface area contributed by atoms with E-state index < -0.39 is 11.7 Å². The Morgan fingerprint density at radius 1 is 1.12 bits per heavy atom. The number of hydrogen-bond acceptors (Lipinski definition) is 2. The smallest absolute Gasteiger partial charge is 0.342 e. The first-order valence-electron chi connectivity index (χ1n) is 9.54. The molecule has 2 heterocycles. The van der Waals surface area contributed by atoms with E-state index in [0.717, 1.165) is 38.4 Å². The molecule has 142 valence electrons. The van der Waals surface area contributed by atoms with E-state index in [9.17, 15) is 18.0 Å². The highest BCUT2D eigenvalue weighted by atomic mass is 19.4. The van der Waals surface area contributed by atoms with Gasteiger partial charge < -0.3 is 4.90 Å². The van der Waals surface area contributed by atoms with Gasteiger partial charge in [0.15, 0.2) is 0 Å². The van der Waals surface area contributed by atoms with E-state index in [-0.39, 0.29) is 17.9 Å². The number of likely N-dealkylation sites (tertiary alicyclic amines) is 2. The van der Waals surface area contributed by atoms with Crippen LogP contribution in [-0.2, 0) is 17.5 Å². The lowest BCUT2D eigenvalue weighted by Crippen LogP contribution is -2.50. The number of carbonyl (C=O) groups excluding carboxylic acids is 1. The highest BCUT2D eigenvalue weighted by molar-refractivity contribution is 5.84. The lowest BCUT2D eigenvalue weighted by atomic mass is 9.78. The lowest BCUT2D eigenvalue weighted by Gasteiger charge is -2.39. The van der Waals surface area contributed by atoms with Crippen LogP contribution in [0.1, 0.15) is 43.2 Å². The van der Waals surface area contributed by atoms with E-state index in [0.29, 0.717) is 24.6 Å². The van der Waals surface area contributed by atoms with Crippen molar-refractivity contribution in [3.05, 3.63) is 35.4 Å². The summed E-state index contributed by atoms with van der Waals surface area (Å²) < 4.78 is 39.7. The quantitative estimate of drug-likeness (QED) is 0.806. The summed E-state index contributed by atoms with van der Waals surface area (Å²) in [6.07, 6.45) is 0.737. The Labute approximate surface area is 152 Å². The Morgan fingerprint density at radius 3 is 2.62 bits per heavy atom. The zero-order valence-electron chi connectivity index (χ0n) is 14.9. The Kier molecular flexibility index (Phi) is 4.49. The average molecular weight is 366 g/mol. The monoisotopic (exact) mass is 366 g/mol. The van der Waals surface area contributed by atoms with Gasteiger partial charge in [-0.3, -0.25) is 9.69 Å². The predicted molar refractivity (Wildman–Crippen MR) is 92.3 cm³/mol. The van der Waals surface area contributed by atoms with Crippen molar-refractivity contribution in [2.24, 2.45) is 11.3 Å². The van der Waals surface area contributed by atoms with E-state index in [1.807, 2.05) is 9.80 Å². The van der Waals surface area contributed by atoms with Gasteiger partial charge in [-0.1, -0.05) is 18.2 Å². The normalized spacial score (nSPS) is 27.5. The third kappa shape index (κ3) is 3.48. The van der Waals surface area contributed by atoms with Crippen molar-refractivity contribution in [2.75, 3.05) is 26.2 Å². The zero-order chi connectivity index (χ0) is 18.4. The number of carbonyl (C=O) groups is 1. The van der Waals surface area contributed by atoms with E-state index in [4.69, 9.17) is 0 Å². The van der Waals surface area contributed by atoms with Crippen molar-refractivity contribution in [1.82, 2.24) is 9.80 Å². The molecule has 6 heteroatoms. The molecule has 0 radical (unpaired) electrons. The van der Waals surface area contributed by atoms with Gasteiger partial charge in [0.1, 0.15) is 0 Å². The number of rotatable bonds is 4. The lowest BCUT2D eigenvalue weighted by molar-refractivity contribution is -0.146. The van der Waals surface area contributed by atoms with Crippen LogP contribution in [0.2, 0.25) is 0 Å². The number of piperidine rings is 1. The minimum Gasteiger partial charge on any atom is -0.342 e. The fraction of sp³-hybridized carbons (Fsp3) is 0.650. The van der Waals surface area contributed by atoms with Gasteiger partial charge in [0.05, 0.1) is 11.0 Å². The number of nitrogens with zero attached hydrogens (tertiary/aromatic N) is 2. The maximum absolute atomic E-state index is 13.2. The highest BCUT2D eigenvalue weighted by Crippen LogP contribution is 2.42. The molecule has 0 N–H and O–H groups in total. The molecule has 0 aromatic heterocycles. The van der Waals surface area contributed by atoms with Gasteiger partial charge >= 0.3 is 6.18 Å². The Balaban J connectivity index is 1.46. The van der Waals surface area contributed by atoms with Crippen molar-refractivity contribution in [3.8, 4) is 0 Å². The molecule has 1 aromatic rings. The van der Waals surface area contributed by atoms with Crippen LogP contribution < -0.4 is 0 Å². The van der Waals surface area contributed by atoms with Gasteiger partial charge in [0, 0.05) is 26.2 Å². The first-order chi connectivity index (χ1) is 12.4. The van der Waals surface area contributed by atoms with Crippen molar-refractivity contribution in [3.63, 3.8) is 0 Å². The van der Waals surface area contributed by atoms with Gasteiger partial charge in [-0.25, -0.2) is 0 Å². The molecule has 0 bridgehead atoms. The van der Waals surface area contributed by atoms with Crippen LogP contribution in [0.4, 0.5) is 13.2 Å². The first-order valence-corrected chi connectivity index (χ1v) is 9.54. The topological polar surface area (TPSA) is 23.6 Å². The summed E-state index contributed by atoms with van der Waals surface area (Å²) in [5.74, 6) is 0.910. The molecule has 1 aliphatic carbocycles. The van der Waals surface area contributed by atoms with Crippen molar-refractivity contribution < 1.29 is 18.0 Å². The third-order valence-corrected chi connectivity index (χ3v) is 6.15. The third-order valence-electron chi connectivity index (χ3n) is 6.15. The van der Waals surface area contributed by atoms with E-state index in [1.54, 1.807) is 12.1 Å². The molecule has 26 heavy (non-hydrogen) atoms. The largest absolute Gasteiger partial charge is 0.416 e. The van der Waals surface area contributed by atoms with E-state index >= 15 is 0 Å². The van der Waals surface area contributed by atoms with E-state index in [2.05, 4.69) is 0 Å². The van der Waals surface area contributed by atoms with Crippen LogP contribution in [0.15, 0.2) is 24.3 Å². The molecule has 4 rings (SSSR count). The Morgan fingerprint density at radius 2 is 1.88 bits per heavy atom. The molecule has 0 unspecified atom stereocenters. The summed E-state index contributed by atoms with van der Waals surface area (Å²) in [5, 5.41) is 0. The molecule has 1 atom stereocenters. The Bertz CT molecular complexity index is 686. The Hall–Kier alpha value is -1.56. The zero-order valence-corrected chi connectivity index (χ0v) is 14.9. The fourth-order valence-corrected chi connectivity index (χ4v) is 4.59. The van der Waals surface area contributed by atoms with Crippen molar-refractivity contribution in [2.45, 2.75) is 44.8 Å². The first kappa shape index (κ1) is 17.8. The number of benzene rings is 1. The standard InChI is InChI=1S/C20H25F3N2O/c21-20(22,23)17-5-2-1-4-16(17)13-24-11-9-19(14-24)8-3-10-25(18(19)26)12-15-6-7-15/h1-2,4-5,15H,3,6-14H2/t19-/m0/s1. The molecule has 3 nitrogen and oxygen atoms in total. The molecular weight excluding hydrogens is 341 g/mol. The molecule has 3 aliphatic rings. The predicted octanol–water partition coefficient (Wildman–Crippen LogP) is 3.93. The molecule has 1 aromatic carbocycles. The maximum atomic E-state index is 13.2. The van der Waals surface area contributed by atoms with Crippen LogP contribution in [0.25, 0.3) is 0 Å². The highest BCUT2D eigenvalue weighted by Gasteiger charge is 2.49. The molecule has 1 saturated carbocycles. The van der Waals surface area contributed by atoms with Crippen LogP contribution in [0.5, 0.6) is 0 Å². The van der Waals surface area contributed by atoms with Gasteiger partial charge in [-0.15, -0.1) is 0 Å². The molecule has 1 spiro atoms. The second-order valence-electron chi connectivity index (χ2n) is 8.19. The molecule has 2 saturated heterocycles. The molecule has 3 fully saturated rings. The number of halogens is 3. The van der Waals surface area contributed by atoms with Gasteiger partial charge in [-0.05, 0) is 56.2 Å². The van der Waals surface area contributed by atoms with Gasteiger partial charge in [0.25, 0.3) is 0 Å². The van der Waals surface area contributed by atoms with Crippen LogP contribution in [0.3, 0.4) is 0 Å². The average Bonchev–Trinajstić information content (AvgIpc) is 3.32. The maximum Gasteiger partial charge on any atom is 0.416 e. The summed E-state index contributed by atoms with van der Waals surface area (Å²) in [4.78, 5) is 17.1. The number of alkyl halides is 3.